The number of carboxylic acids is 1. The predicted octanol–water partition coefficient (Wildman–Crippen LogP) is 2.89. The molecule has 0 unspecified atom stereocenters. The van der Waals surface area contributed by atoms with Crippen molar-refractivity contribution in [2.45, 2.75) is 18.9 Å². The molecule has 0 fully saturated rings. The Bertz CT molecular complexity index is 366. The summed E-state index contributed by atoms with van der Waals surface area (Å²) >= 11 is 11.5. The van der Waals surface area contributed by atoms with Gasteiger partial charge in [0.25, 0.3) is 0 Å². The highest BCUT2D eigenvalue weighted by Crippen LogP contribution is 2.27. The van der Waals surface area contributed by atoms with Gasteiger partial charge in [-0.3, -0.25) is 4.79 Å². The van der Waals surface area contributed by atoms with Crippen molar-refractivity contribution in [2.75, 3.05) is 0 Å². The summed E-state index contributed by atoms with van der Waals surface area (Å²) in [4.78, 5) is 10.3. The minimum atomic E-state index is -0.936. The van der Waals surface area contributed by atoms with E-state index in [1.807, 2.05) is 0 Å². The van der Waals surface area contributed by atoms with Gasteiger partial charge < -0.3 is 10.2 Å². The Kier molecular flexibility index (Phi) is 4.39. The van der Waals surface area contributed by atoms with Crippen LogP contribution in [0, 0.1) is 0 Å². The lowest BCUT2D eigenvalue weighted by Gasteiger charge is -2.10. The van der Waals surface area contributed by atoms with Gasteiger partial charge in [-0.15, -0.1) is 0 Å². The fourth-order valence-electron chi connectivity index (χ4n) is 1.15. The first-order chi connectivity index (χ1) is 7.00. The average Bonchev–Trinajstić information content (AvgIpc) is 2.18. The highest BCUT2D eigenvalue weighted by Gasteiger charge is 2.11. The van der Waals surface area contributed by atoms with Crippen LogP contribution in [0.3, 0.4) is 0 Å². The number of aliphatic carboxylic acids is 1. The molecule has 0 bridgehead atoms. The lowest BCUT2D eigenvalue weighted by Crippen LogP contribution is -2.02. The number of hydrogen-bond donors (Lipinski definition) is 2. The first-order valence-electron chi connectivity index (χ1n) is 4.35. The Hall–Kier alpha value is -0.770. The van der Waals surface area contributed by atoms with E-state index < -0.39 is 12.1 Å². The van der Waals surface area contributed by atoms with E-state index in [1.165, 1.54) is 6.07 Å². The Morgan fingerprint density at radius 2 is 2.00 bits per heavy atom. The van der Waals surface area contributed by atoms with Crippen LogP contribution in [0.5, 0.6) is 0 Å². The molecule has 3 nitrogen and oxygen atoms in total. The molecule has 0 amide bonds. The molecule has 0 aliphatic rings. The van der Waals surface area contributed by atoms with Crippen molar-refractivity contribution < 1.29 is 15.0 Å². The standard InChI is InChI=1S/C10H10Cl2O3/c11-7-2-1-6(5-8(7)12)9(13)3-4-10(14)15/h1-2,5,9,13H,3-4H2,(H,14,15)/t9-/m1/s1. The molecule has 0 aromatic heterocycles. The van der Waals surface area contributed by atoms with Crippen molar-refractivity contribution in [3.8, 4) is 0 Å². The highest BCUT2D eigenvalue weighted by atomic mass is 35.5. The minimum absolute atomic E-state index is 0.0819. The van der Waals surface area contributed by atoms with Gasteiger partial charge in [0.2, 0.25) is 0 Å². The Labute approximate surface area is 97.2 Å². The van der Waals surface area contributed by atoms with Gasteiger partial charge in [-0.2, -0.15) is 0 Å². The summed E-state index contributed by atoms with van der Waals surface area (Å²) in [5.74, 6) is -0.936. The molecule has 15 heavy (non-hydrogen) atoms. The third-order valence-electron chi connectivity index (χ3n) is 1.96. The molecular weight excluding hydrogens is 239 g/mol. The highest BCUT2D eigenvalue weighted by molar-refractivity contribution is 6.42. The lowest BCUT2D eigenvalue weighted by atomic mass is 10.1. The van der Waals surface area contributed by atoms with E-state index in [0.29, 0.717) is 15.6 Å². The molecule has 0 radical (unpaired) electrons. The van der Waals surface area contributed by atoms with Crippen molar-refractivity contribution in [1.82, 2.24) is 0 Å². The quantitative estimate of drug-likeness (QED) is 0.862. The van der Waals surface area contributed by atoms with E-state index >= 15 is 0 Å². The number of carboxylic acid groups (broad SMARTS) is 1. The van der Waals surface area contributed by atoms with Crippen LogP contribution in [0.4, 0.5) is 0 Å². The molecule has 1 aromatic carbocycles. The molecule has 1 rings (SSSR count). The number of hydrogen-bond acceptors (Lipinski definition) is 2. The van der Waals surface area contributed by atoms with Crippen LogP contribution < -0.4 is 0 Å². The van der Waals surface area contributed by atoms with Crippen molar-refractivity contribution in [2.24, 2.45) is 0 Å². The maximum Gasteiger partial charge on any atom is 0.303 e. The Morgan fingerprint density at radius 1 is 1.33 bits per heavy atom. The summed E-state index contributed by atoms with van der Waals surface area (Å²) in [7, 11) is 0. The van der Waals surface area contributed by atoms with Gasteiger partial charge in [0.15, 0.2) is 0 Å². The van der Waals surface area contributed by atoms with Gasteiger partial charge in [0.1, 0.15) is 0 Å². The van der Waals surface area contributed by atoms with Gasteiger partial charge in [-0.25, -0.2) is 0 Å². The van der Waals surface area contributed by atoms with E-state index in [0.717, 1.165) is 0 Å². The molecule has 0 saturated heterocycles. The zero-order valence-corrected chi connectivity index (χ0v) is 9.29. The monoisotopic (exact) mass is 248 g/mol. The molecule has 1 aromatic rings. The zero-order valence-electron chi connectivity index (χ0n) is 7.78. The molecule has 0 saturated carbocycles. The molecule has 82 valence electrons. The van der Waals surface area contributed by atoms with Crippen molar-refractivity contribution in [3.63, 3.8) is 0 Å². The maximum atomic E-state index is 10.3. The summed E-state index contributed by atoms with van der Waals surface area (Å²) < 4.78 is 0. The van der Waals surface area contributed by atoms with Gasteiger partial charge >= 0.3 is 5.97 Å². The summed E-state index contributed by atoms with van der Waals surface area (Å²) in [6.45, 7) is 0. The number of carbonyl (C=O) groups is 1. The fourth-order valence-corrected chi connectivity index (χ4v) is 1.45. The smallest absolute Gasteiger partial charge is 0.303 e. The third kappa shape index (κ3) is 3.70. The minimum Gasteiger partial charge on any atom is -0.481 e. The summed E-state index contributed by atoms with van der Waals surface area (Å²) in [5, 5.41) is 18.8. The summed E-state index contributed by atoms with van der Waals surface area (Å²) in [6, 6.07) is 4.74. The molecule has 0 spiro atoms. The van der Waals surface area contributed by atoms with E-state index in [1.54, 1.807) is 12.1 Å². The first-order valence-corrected chi connectivity index (χ1v) is 5.11. The van der Waals surface area contributed by atoms with E-state index in [9.17, 15) is 9.90 Å². The summed E-state index contributed by atoms with van der Waals surface area (Å²) in [5.41, 5.74) is 0.575. The summed E-state index contributed by atoms with van der Waals surface area (Å²) in [6.07, 6.45) is -0.745. The third-order valence-corrected chi connectivity index (χ3v) is 2.70. The Balaban J connectivity index is 2.69. The number of rotatable bonds is 4. The molecule has 0 aliphatic carbocycles. The second kappa shape index (κ2) is 5.35. The normalized spacial score (nSPS) is 12.5. The van der Waals surface area contributed by atoms with Crippen LogP contribution in [0.25, 0.3) is 0 Å². The molecule has 0 heterocycles. The van der Waals surface area contributed by atoms with Crippen molar-refractivity contribution >= 4 is 29.2 Å². The van der Waals surface area contributed by atoms with Gasteiger partial charge in [0, 0.05) is 6.42 Å². The topological polar surface area (TPSA) is 57.5 Å². The molecule has 5 heteroatoms. The van der Waals surface area contributed by atoms with E-state index in [2.05, 4.69) is 0 Å². The first kappa shape index (κ1) is 12.3. The van der Waals surface area contributed by atoms with Gasteiger partial charge in [-0.05, 0) is 24.1 Å². The van der Waals surface area contributed by atoms with Crippen LogP contribution >= 0.6 is 23.2 Å². The predicted molar refractivity (Wildman–Crippen MR) is 58.3 cm³/mol. The van der Waals surface area contributed by atoms with E-state index in [4.69, 9.17) is 28.3 Å². The van der Waals surface area contributed by atoms with Crippen LogP contribution in [0.1, 0.15) is 24.5 Å². The SMILES string of the molecule is O=C(O)CC[C@@H](O)c1ccc(Cl)c(Cl)c1. The van der Waals surface area contributed by atoms with Crippen LogP contribution in [0.2, 0.25) is 10.0 Å². The number of halogens is 2. The largest absolute Gasteiger partial charge is 0.481 e. The number of aliphatic hydroxyl groups is 1. The Morgan fingerprint density at radius 3 is 2.53 bits per heavy atom. The second-order valence-electron chi connectivity index (χ2n) is 3.12. The van der Waals surface area contributed by atoms with Crippen LogP contribution in [-0.2, 0) is 4.79 Å². The number of aliphatic hydroxyl groups excluding tert-OH is 1. The number of benzene rings is 1. The van der Waals surface area contributed by atoms with E-state index in [-0.39, 0.29) is 12.8 Å². The second-order valence-corrected chi connectivity index (χ2v) is 3.94. The van der Waals surface area contributed by atoms with Crippen LogP contribution in [0.15, 0.2) is 18.2 Å². The molecular formula is C10H10Cl2O3. The molecule has 0 aliphatic heterocycles. The van der Waals surface area contributed by atoms with Crippen LogP contribution in [-0.4, -0.2) is 16.2 Å². The molecule has 2 N–H and O–H groups in total. The average molecular weight is 249 g/mol. The van der Waals surface area contributed by atoms with Crippen molar-refractivity contribution in [3.05, 3.63) is 33.8 Å². The maximum absolute atomic E-state index is 10.3. The van der Waals surface area contributed by atoms with Gasteiger partial charge in [-0.1, -0.05) is 29.3 Å². The van der Waals surface area contributed by atoms with Crippen molar-refractivity contribution in [1.29, 1.82) is 0 Å². The fraction of sp³-hybridized carbons (Fsp3) is 0.300. The van der Waals surface area contributed by atoms with Gasteiger partial charge in [0.05, 0.1) is 16.1 Å². The lowest BCUT2D eigenvalue weighted by molar-refractivity contribution is -0.137. The zero-order chi connectivity index (χ0) is 11.4. The molecule has 1 atom stereocenters.